The minimum Gasteiger partial charge on any atom is -0.504 e. The first-order valence-corrected chi connectivity index (χ1v) is 4.43. The molecule has 0 radical (unpaired) electrons. The third kappa shape index (κ3) is 2.45. The van der Waals surface area contributed by atoms with Crippen LogP contribution >= 0.6 is 0 Å². The third-order valence-electron chi connectivity index (χ3n) is 1.92. The smallest absolute Gasteiger partial charge is 0.358 e. The Morgan fingerprint density at radius 2 is 2.06 bits per heavy atom. The SMILES string of the molecule is CO/N=C(\C(=O)O)c1cc(O)c(O)c([N+](=O)[O-])c1. The fourth-order valence-corrected chi connectivity index (χ4v) is 1.19. The molecule has 1 rings (SSSR count). The van der Waals surface area contributed by atoms with Crippen molar-refractivity contribution in [1.29, 1.82) is 0 Å². The molecule has 0 fully saturated rings. The standard InChI is InChI=1S/C9H8N2O7/c1-18-10-7(9(14)15)4-2-5(11(16)17)8(13)6(12)3-4/h2-3,12-13H,1H3,(H,14,15)/b10-7-. The van der Waals surface area contributed by atoms with E-state index < -0.39 is 33.8 Å². The van der Waals surface area contributed by atoms with Crippen LogP contribution in [0.2, 0.25) is 0 Å². The third-order valence-corrected chi connectivity index (χ3v) is 1.92. The van der Waals surface area contributed by atoms with Gasteiger partial charge in [0, 0.05) is 11.6 Å². The molecule has 0 saturated heterocycles. The van der Waals surface area contributed by atoms with Gasteiger partial charge in [0.15, 0.2) is 11.5 Å². The molecule has 9 nitrogen and oxygen atoms in total. The first kappa shape index (κ1) is 13.2. The van der Waals surface area contributed by atoms with Gasteiger partial charge in [0.05, 0.1) is 4.92 Å². The number of aliphatic carboxylic acids is 1. The molecular formula is C9H8N2O7. The molecule has 0 bridgehead atoms. The van der Waals surface area contributed by atoms with Gasteiger partial charge in [-0.3, -0.25) is 10.1 Å². The van der Waals surface area contributed by atoms with Gasteiger partial charge in [0.25, 0.3) is 0 Å². The zero-order chi connectivity index (χ0) is 13.9. The van der Waals surface area contributed by atoms with Gasteiger partial charge in [-0.1, -0.05) is 5.16 Å². The highest BCUT2D eigenvalue weighted by atomic mass is 16.6. The Morgan fingerprint density at radius 1 is 1.44 bits per heavy atom. The zero-order valence-electron chi connectivity index (χ0n) is 9.02. The van der Waals surface area contributed by atoms with E-state index >= 15 is 0 Å². The number of oxime groups is 1. The molecule has 18 heavy (non-hydrogen) atoms. The first-order chi connectivity index (χ1) is 8.38. The molecule has 0 atom stereocenters. The van der Waals surface area contributed by atoms with Crippen molar-refractivity contribution in [3.05, 3.63) is 27.8 Å². The van der Waals surface area contributed by atoms with E-state index in [-0.39, 0.29) is 5.56 Å². The second kappa shape index (κ2) is 4.99. The number of benzene rings is 1. The number of nitro benzene ring substituents is 1. The molecule has 0 saturated carbocycles. The largest absolute Gasteiger partial charge is 0.504 e. The molecule has 0 aliphatic heterocycles. The van der Waals surface area contributed by atoms with Gasteiger partial charge in [0.2, 0.25) is 5.75 Å². The number of aromatic hydroxyl groups is 2. The number of carboxylic acid groups (broad SMARTS) is 1. The van der Waals surface area contributed by atoms with Crippen LogP contribution in [0, 0.1) is 10.1 Å². The Labute approximate surface area is 99.7 Å². The van der Waals surface area contributed by atoms with Crippen LogP contribution in [-0.4, -0.2) is 39.0 Å². The van der Waals surface area contributed by atoms with Crippen LogP contribution < -0.4 is 0 Å². The van der Waals surface area contributed by atoms with E-state index in [1.165, 1.54) is 0 Å². The summed E-state index contributed by atoms with van der Waals surface area (Å²) in [6.45, 7) is 0. The van der Waals surface area contributed by atoms with Crippen LogP contribution in [0.15, 0.2) is 17.3 Å². The summed E-state index contributed by atoms with van der Waals surface area (Å²) in [5.41, 5.74) is -1.75. The van der Waals surface area contributed by atoms with Gasteiger partial charge in [-0.2, -0.15) is 0 Å². The Bertz CT molecular complexity index is 538. The monoisotopic (exact) mass is 256 g/mol. The van der Waals surface area contributed by atoms with Crippen molar-refractivity contribution in [2.45, 2.75) is 0 Å². The average Bonchev–Trinajstić information content (AvgIpc) is 2.28. The predicted molar refractivity (Wildman–Crippen MR) is 57.6 cm³/mol. The molecule has 0 aromatic heterocycles. The van der Waals surface area contributed by atoms with Crippen molar-refractivity contribution in [3.63, 3.8) is 0 Å². The lowest BCUT2D eigenvalue weighted by atomic mass is 10.1. The maximum atomic E-state index is 10.8. The van der Waals surface area contributed by atoms with E-state index in [4.69, 9.17) is 5.11 Å². The number of phenolic OH excluding ortho intramolecular Hbond substituents is 2. The van der Waals surface area contributed by atoms with Gasteiger partial charge < -0.3 is 20.2 Å². The predicted octanol–water partition coefficient (Wildman–Crippen LogP) is 0.441. The summed E-state index contributed by atoms with van der Waals surface area (Å²) in [5, 5.41) is 41.1. The summed E-state index contributed by atoms with van der Waals surface area (Å²) in [7, 11) is 1.09. The minimum absolute atomic E-state index is 0.272. The van der Waals surface area contributed by atoms with E-state index in [9.17, 15) is 25.1 Å². The van der Waals surface area contributed by atoms with Gasteiger partial charge in [0.1, 0.15) is 7.11 Å². The Balaban J connectivity index is 3.47. The Morgan fingerprint density at radius 3 is 2.50 bits per heavy atom. The molecule has 0 unspecified atom stereocenters. The highest BCUT2D eigenvalue weighted by Crippen LogP contribution is 2.36. The number of hydrogen-bond acceptors (Lipinski definition) is 7. The van der Waals surface area contributed by atoms with E-state index in [0.29, 0.717) is 0 Å². The van der Waals surface area contributed by atoms with Crippen LogP contribution in [0.1, 0.15) is 5.56 Å². The molecular weight excluding hydrogens is 248 g/mol. The molecule has 0 aliphatic rings. The summed E-state index contributed by atoms with van der Waals surface area (Å²) in [6, 6.07) is 1.59. The quantitative estimate of drug-likeness (QED) is 0.307. The van der Waals surface area contributed by atoms with Crippen molar-refractivity contribution >= 4 is 17.4 Å². The molecule has 0 amide bonds. The second-order valence-electron chi connectivity index (χ2n) is 3.05. The van der Waals surface area contributed by atoms with Crippen molar-refractivity contribution in [2.75, 3.05) is 7.11 Å². The summed E-state index contributed by atoms with van der Waals surface area (Å²) in [5.74, 6) is -3.29. The van der Waals surface area contributed by atoms with E-state index in [1.54, 1.807) is 0 Å². The minimum atomic E-state index is -1.50. The number of phenols is 2. The lowest BCUT2D eigenvalue weighted by molar-refractivity contribution is -0.386. The summed E-state index contributed by atoms with van der Waals surface area (Å²) in [6.07, 6.45) is 0. The number of nitro groups is 1. The Hall–Kier alpha value is -2.84. The number of carboxylic acids is 1. The molecule has 0 aliphatic carbocycles. The van der Waals surface area contributed by atoms with Crippen LogP contribution in [-0.2, 0) is 9.63 Å². The summed E-state index contributed by atoms with van der Waals surface area (Å²) >= 11 is 0. The van der Waals surface area contributed by atoms with Crippen molar-refractivity contribution in [3.8, 4) is 11.5 Å². The van der Waals surface area contributed by atoms with Gasteiger partial charge in [-0.25, -0.2) is 4.79 Å². The van der Waals surface area contributed by atoms with Crippen molar-refractivity contribution in [2.24, 2.45) is 5.16 Å². The molecule has 3 N–H and O–H groups in total. The van der Waals surface area contributed by atoms with Crippen molar-refractivity contribution < 1.29 is 29.9 Å². The lowest BCUT2D eigenvalue weighted by Crippen LogP contribution is -2.15. The number of rotatable bonds is 4. The normalized spacial score (nSPS) is 11.1. The second-order valence-corrected chi connectivity index (χ2v) is 3.05. The summed E-state index contributed by atoms with van der Waals surface area (Å²) < 4.78 is 0. The number of nitrogens with zero attached hydrogens (tertiary/aromatic N) is 2. The average molecular weight is 256 g/mol. The van der Waals surface area contributed by atoms with Crippen LogP contribution in [0.4, 0.5) is 5.69 Å². The number of carbonyl (C=O) groups is 1. The Kier molecular flexibility index (Phi) is 3.67. The van der Waals surface area contributed by atoms with Crippen LogP contribution in [0.3, 0.4) is 0 Å². The molecule has 0 heterocycles. The maximum absolute atomic E-state index is 10.8. The van der Waals surface area contributed by atoms with Crippen molar-refractivity contribution in [1.82, 2.24) is 0 Å². The van der Waals surface area contributed by atoms with Gasteiger partial charge >= 0.3 is 11.7 Å². The molecule has 1 aromatic carbocycles. The van der Waals surface area contributed by atoms with Gasteiger partial charge in [-0.15, -0.1) is 0 Å². The fourth-order valence-electron chi connectivity index (χ4n) is 1.19. The summed E-state index contributed by atoms with van der Waals surface area (Å²) in [4.78, 5) is 24.8. The lowest BCUT2D eigenvalue weighted by Gasteiger charge is -2.04. The van der Waals surface area contributed by atoms with E-state index in [1.807, 2.05) is 0 Å². The van der Waals surface area contributed by atoms with Crippen LogP contribution in [0.25, 0.3) is 0 Å². The van der Waals surface area contributed by atoms with E-state index in [0.717, 1.165) is 19.2 Å². The van der Waals surface area contributed by atoms with E-state index in [2.05, 4.69) is 9.99 Å². The van der Waals surface area contributed by atoms with Crippen LogP contribution in [0.5, 0.6) is 11.5 Å². The molecule has 9 heteroatoms. The molecule has 0 spiro atoms. The highest BCUT2D eigenvalue weighted by molar-refractivity contribution is 6.42. The number of hydrogen-bond donors (Lipinski definition) is 3. The molecule has 1 aromatic rings. The highest BCUT2D eigenvalue weighted by Gasteiger charge is 2.23. The zero-order valence-corrected chi connectivity index (χ0v) is 9.02. The molecule has 96 valence electrons. The maximum Gasteiger partial charge on any atom is 0.358 e. The topological polar surface area (TPSA) is 142 Å². The fraction of sp³-hybridized carbons (Fsp3) is 0.111. The first-order valence-electron chi connectivity index (χ1n) is 4.43. The van der Waals surface area contributed by atoms with Gasteiger partial charge in [-0.05, 0) is 6.07 Å².